The highest BCUT2D eigenvalue weighted by atomic mass is 15.2. The molecule has 0 fully saturated rings. The molecule has 0 atom stereocenters. The molecule has 0 unspecified atom stereocenters. The van der Waals surface area contributed by atoms with Crippen LogP contribution in [0.25, 0.3) is 71.6 Å². The zero-order chi connectivity index (χ0) is 35.8. The molecule has 0 N–H and O–H groups in total. The maximum atomic E-state index is 2.48. The Morgan fingerprint density at radius 1 is 0.333 bits per heavy atom. The van der Waals surface area contributed by atoms with Gasteiger partial charge in [-0.25, -0.2) is 0 Å². The minimum atomic E-state index is 1.09. The van der Waals surface area contributed by atoms with Gasteiger partial charge in [0.2, 0.25) is 0 Å². The van der Waals surface area contributed by atoms with E-state index in [1.807, 2.05) is 0 Å². The second kappa shape index (κ2) is 13.4. The van der Waals surface area contributed by atoms with Crippen molar-refractivity contribution in [2.24, 2.45) is 0 Å². The highest BCUT2D eigenvalue weighted by Crippen LogP contribution is 2.48. The highest BCUT2D eigenvalue weighted by Gasteiger charge is 2.24. The summed E-state index contributed by atoms with van der Waals surface area (Å²) in [6, 6.07) is 79.0. The number of rotatable bonds is 7. The van der Waals surface area contributed by atoms with E-state index in [1.54, 1.807) is 0 Å². The van der Waals surface area contributed by atoms with Crippen LogP contribution in [0.2, 0.25) is 0 Å². The number of benzene rings is 9. The second-order valence-corrected chi connectivity index (χ2v) is 13.8. The first-order valence-electron chi connectivity index (χ1n) is 18.5. The molecule has 10 aromatic rings. The van der Waals surface area contributed by atoms with Crippen LogP contribution >= 0.6 is 0 Å². The predicted molar refractivity (Wildman–Crippen MR) is 229 cm³/mol. The van der Waals surface area contributed by atoms with Crippen molar-refractivity contribution in [2.45, 2.75) is 0 Å². The summed E-state index contributed by atoms with van der Waals surface area (Å²) < 4.78 is 2.40. The molecule has 0 saturated heterocycles. The van der Waals surface area contributed by atoms with Gasteiger partial charge >= 0.3 is 0 Å². The van der Waals surface area contributed by atoms with E-state index in [2.05, 4.69) is 228 Å². The molecule has 1 heterocycles. The van der Waals surface area contributed by atoms with Crippen LogP contribution in [0.1, 0.15) is 0 Å². The van der Waals surface area contributed by atoms with Crippen LogP contribution in [-0.2, 0) is 0 Å². The van der Waals surface area contributed by atoms with Crippen molar-refractivity contribution in [1.82, 2.24) is 4.57 Å². The molecule has 0 bridgehead atoms. The number of anilines is 3. The maximum absolute atomic E-state index is 2.48. The highest BCUT2D eigenvalue weighted by molar-refractivity contribution is 6.17. The van der Waals surface area contributed by atoms with E-state index in [1.165, 1.54) is 54.9 Å². The van der Waals surface area contributed by atoms with Gasteiger partial charge in [0.05, 0.1) is 22.4 Å². The molecule has 0 aliphatic rings. The van der Waals surface area contributed by atoms with Crippen molar-refractivity contribution in [3.63, 3.8) is 0 Å². The van der Waals surface area contributed by atoms with Gasteiger partial charge in [-0.1, -0.05) is 164 Å². The van der Waals surface area contributed by atoms with E-state index >= 15 is 0 Å². The molecule has 1 aromatic heterocycles. The van der Waals surface area contributed by atoms with Gasteiger partial charge in [-0.2, -0.15) is 0 Å². The lowest BCUT2D eigenvalue weighted by Crippen LogP contribution is -2.12. The lowest BCUT2D eigenvalue weighted by molar-refractivity contribution is 1.18. The van der Waals surface area contributed by atoms with Crippen LogP contribution in [0.4, 0.5) is 17.1 Å². The van der Waals surface area contributed by atoms with Gasteiger partial charge in [0.25, 0.3) is 0 Å². The first-order chi connectivity index (χ1) is 26.8. The molecule has 0 saturated carbocycles. The standard InChI is InChI=1S/C52H36N2/c1-4-15-37(16-5-1)40-29-32-45(33-30-40)54(50-26-14-25-49-52(50)47-23-12-13-24-48(47)53(49)44-21-8-3-9-22-44)51-36-42(38-17-6-2-7-18-38)31-34-46(51)43-28-27-39-19-10-11-20-41(39)35-43/h1-36H. The quantitative estimate of drug-likeness (QED) is 0.162. The summed E-state index contributed by atoms with van der Waals surface area (Å²) in [5.41, 5.74) is 13.9. The molecule has 54 heavy (non-hydrogen) atoms. The van der Waals surface area contributed by atoms with Crippen molar-refractivity contribution >= 4 is 49.6 Å². The average Bonchev–Trinajstić information content (AvgIpc) is 3.60. The third-order valence-electron chi connectivity index (χ3n) is 10.6. The number of hydrogen-bond acceptors (Lipinski definition) is 1. The molecule has 9 aromatic carbocycles. The van der Waals surface area contributed by atoms with E-state index in [4.69, 9.17) is 0 Å². The SMILES string of the molecule is c1ccc(-c2ccc(N(c3cc(-c4ccccc4)ccc3-c3ccc4ccccc4c3)c3cccc4c3c3ccccc3n4-c3ccccc3)cc2)cc1. The normalized spacial score (nSPS) is 11.3. The fourth-order valence-electron chi connectivity index (χ4n) is 8.01. The minimum absolute atomic E-state index is 1.09. The van der Waals surface area contributed by atoms with Crippen molar-refractivity contribution in [3.05, 3.63) is 218 Å². The molecule has 0 aliphatic heterocycles. The number of fused-ring (bicyclic) bond motifs is 4. The number of hydrogen-bond donors (Lipinski definition) is 0. The molecular formula is C52H36N2. The smallest absolute Gasteiger partial charge is 0.0562 e. The Hall–Kier alpha value is -7.16. The summed E-state index contributed by atoms with van der Waals surface area (Å²) in [5.74, 6) is 0. The molecule has 2 nitrogen and oxygen atoms in total. The number of para-hydroxylation sites is 2. The maximum Gasteiger partial charge on any atom is 0.0562 e. The summed E-state index contributed by atoms with van der Waals surface area (Å²) >= 11 is 0. The van der Waals surface area contributed by atoms with E-state index in [0.717, 1.165) is 33.8 Å². The van der Waals surface area contributed by atoms with Crippen molar-refractivity contribution in [1.29, 1.82) is 0 Å². The first kappa shape index (κ1) is 31.6. The van der Waals surface area contributed by atoms with E-state index in [0.29, 0.717) is 0 Å². The summed E-state index contributed by atoms with van der Waals surface area (Å²) in [6.45, 7) is 0. The summed E-state index contributed by atoms with van der Waals surface area (Å²) in [7, 11) is 0. The van der Waals surface area contributed by atoms with Crippen molar-refractivity contribution in [3.8, 4) is 39.1 Å². The third-order valence-corrected chi connectivity index (χ3v) is 10.6. The predicted octanol–water partition coefficient (Wildman–Crippen LogP) is 14.4. The van der Waals surface area contributed by atoms with E-state index in [9.17, 15) is 0 Å². The lowest BCUT2D eigenvalue weighted by atomic mass is 9.95. The fourth-order valence-corrected chi connectivity index (χ4v) is 8.01. The number of aromatic nitrogens is 1. The van der Waals surface area contributed by atoms with Gasteiger partial charge < -0.3 is 9.47 Å². The largest absolute Gasteiger partial charge is 0.309 e. The summed E-state index contributed by atoms with van der Waals surface area (Å²) in [6.07, 6.45) is 0. The number of nitrogens with zero attached hydrogens (tertiary/aromatic N) is 2. The Bertz CT molecular complexity index is 2910. The van der Waals surface area contributed by atoms with Gasteiger partial charge in [0.15, 0.2) is 0 Å². The van der Waals surface area contributed by atoms with Crippen LogP contribution in [0.15, 0.2) is 218 Å². The monoisotopic (exact) mass is 688 g/mol. The first-order valence-corrected chi connectivity index (χ1v) is 18.5. The van der Waals surface area contributed by atoms with Crippen molar-refractivity contribution in [2.75, 3.05) is 4.90 Å². The molecular weight excluding hydrogens is 653 g/mol. The minimum Gasteiger partial charge on any atom is -0.309 e. The van der Waals surface area contributed by atoms with Crippen molar-refractivity contribution < 1.29 is 0 Å². The zero-order valence-corrected chi connectivity index (χ0v) is 29.7. The van der Waals surface area contributed by atoms with Crippen LogP contribution < -0.4 is 4.90 Å². The van der Waals surface area contributed by atoms with Gasteiger partial charge in [0.1, 0.15) is 0 Å². The zero-order valence-electron chi connectivity index (χ0n) is 29.7. The molecule has 2 heteroatoms. The molecule has 0 aliphatic carbocycles. The van der Waals surface area contributed by atoms with Gasteiger partial charge in [-0.3, -0.25) is 0 Å². The molecule has 10 rings (SSSR count). The molecule has 254 valence electrons. The van der Waals surface area contributed by atoms with Crippen LogP contribution in [0, 0.1) is 0 Å². The summed E-state index contributed by atoms with van der Waals surface area (Å²) in [5, 5.41) is 4.87. The van der Waals surface area contributed by atoms with Gasteiger partial charge in [-0.15, -0.1) is 0 Å². The third kappa shape index (κ3) is 5.53. The Labute approximate surface area is 315 Å². The van der Waals surface area contributed by atoms with Gasteiger partial charge in [0, 0.05) is 27.7 Å². The average molecular weight is 689 g/mol. The van der Waals surface area contributed by atoms with Crippen LogP contribution in [0.5, 0.6) is 0 Å². The fraction of sp³-hybridized carbons (Fsp3) is 0. The Balaban J connectivity index is 1.29. The Kier molecular flexibility index (Phi) is 7.85. The second-order valence-electron chi connectivity index (χ2n) is 13.8. The van der Waals surface area contributed by atoms with Gasteiger partial charge in [-0.05, 0) is 93.2 Å². The Morgan fingerprint density at radius 3 is 1.67 bits per heavy atom. The van der Waals surface area contributed by atoms with Crippen LogP contribution in [-0.4, -0.2) is 4.57 Å². The lowest BCUT2D eigenvalue weighted by Gasteiger charge is -2.29. The van der Waals surface area contributed by atoms with E-state index in [-0.39, 0.29) is 0 Å². The molecule has 0 radical (unpaired) electrons. The summed E-state index contributed by atoms with van der Waals surface area (Å²) in [4.78, 5) is 2.48. The van der Waals surface area contributed by atoms with E-state index < -0.39 is 0 Å². The molecule has 0 amide bonds. The Morgan fingerprint density at radius 2 is 0.907 bits per heavy atom. The topological polar surface area (TPSA) is 8.17 Å². The molecule has 0 spiro atoms. The van der Waals surface area contributed by atoms with Crippen LogP contribution in [0.3, 0.4) is 0 Å².